The Labute approximate surface area is 118 Å². The number of nitrogens with zero attached hydrogens (tertiary/aromatic N) is 1. The number of hydrogen-bond acceptors (Lipinski definition) is 4. The van der Waals surface area contributed by atoms with Gasteiger partial charge in [0.1, 0.15) is 11.5 Å². The van der Waals surface area contributed by atoms with Gasteiger partial charge in [0.25, 0.3) is 6.26 Å². The summed E-state index contributed by atoms with van der Waals surface area (Å²) in [7, 11) is 0. The molecule has 0 fully saturated rings. The van der Waals surface area contributed by atoms with E-state index >= 15 is 0 Å². The van der Waals surface area contributed by atoms with Crippen LogP contribution < -0.4 is 0 Å². The van der Waals surface area contributed by atoms with Crippen molar-refractivity contribution in [3.05, 3.63) is 59.7 Å². The molecule has 3 N–H and O–H groups in total. The SMILES string of the molecule is CC(Cc1ccccc1O)c1ccccc1O.N#CO. The fraction of sp³-hybridized carbons (Fsp3) is 0.188. The molecule has 0 saturated heterocycles. The van der Waals surface area contributed by atoms with Gasteiger partial charge in [0.2, 0.25) is 0 Å². The largest absolute Gasteiger partial charge is 0.508 e. The molecule has 0 spiro atoms. The molecule has 0 amide bonds. The van der Waals surface area contributed by atoms with Crippen LogP contribution in [-0.4, -0.2) is 15.3 Å². The highest BCUT2D eigenvalue weighted by Gasteiger charge is 2.12. The minimum Gasteiger partial charge on any atom is -0.508 e. The zero-order chi connectivity index (χ0) is 15.0. The second-order valence-corrected chi connectivity index (χ2v) is 4.39. The van der Waals surface area contributed by atoms with Crippen LogP contribution in [0.1, 0.15) is 24.0 Å². The summed E-state index contributed by atoms with van der Waals surface area (Å²) in [4.78, 5) is 0. The normalized spacial score (nSPS) is 10.8. The van der Waals surface area contributed by atoms with Gasteiger partial charge < -0.3 is 15.3 Å². The summed E-state index contributed by atoms with van der Waals surface area (Å²) in [5.74, 6) is 0.801. The lowest BCUT2D eigenvalue weighted by atomic mass is 9.93. The second kappa shape index (κ2) is 7.70. The van der Waals surface area contributed by atoms with Crippen molar-refractivity contribution in [2.75, 3.05) is 0 Å². The maximum absolute atomic E-state index is 9.77. The Morgan fingerprint density at radius 2 is 1.50 bits per heavy atom. The van der Waals surface area contributed by atoms with E-state index < -0.39 is 0 Å². The molecule has 1 atom stereocenters. The van der Waals surface area contributed by atoms with Crippen LogP contribution in [0, 0.1) is 11.5 Å². The van der Waals surface area contributed by atoms with Crippen molar-refractivity contribution in [3.63, 3.8) is 0 Å². The van der Waals surface area contributed by atoms with Gasteiger partial charge in [-0.2, -0.15) is 5.26 Å². The third-order valence-corrected chi connectivity index (χ3v) is 2.99. The van der Waals surface area contributed by atoms with E-state index in [9.17, 15) is 10.2 Å². The molecule has 0 aliphatic heterocycles. The predicted molar refractivity (Wildman–Crippen MR) is 75.9 cm³/mol. The number of hydrogen-bond donors (Lipinski definition) is 3. The zero-order valence-electron chi connectivity index (χ0n) is 11.2. The van der Waals surface area contributed by atoms with Gasteiger partial charge in [-0.05, 0) is 35.6 Å². The monoisotopic (exact) mass is 271 g/mol. The van der Waals surface area contributed by atoms with Crippen molar-refractivity contribution in [2.24, 2.45) is 0 Å². The third kappa shape index (κ3) is 4.21. The van der Waals surface area contributed by atoms with E-state index in [-0.39, 0.29) is 5.92 Å². The average molecular weight is 271 g/mol. The van der Waals surface area contributed by atoms with Crippen LogP contribution in [0.5, 0.6) is 11.5 Å². The molecule has 0 saturated carbocycles. The molecule has 2 aromatic carbocycles. The maximum atomic E-state index is 9.77. The lowest BCUT2D eigenvalue weighted by molar-refractivity contribution is 0.455. The second-order valence-electron chi connectivity index (χ2n) is 4.39. The van der Waals surface area contributed by atoms with E-state index in [1.807, 2.05) is 43.3 Å². The lowest BCUT2D eigenvalue weighted by Gasteiger charge is -2.14. The third-order valence-electron chi connectivity index (χ3n) is 2.99. The van der Waals surface area contributed by atoms with Crippen molar-refractivity contribution in [1.82, 2.24) is 0 Å². The number of nitriles is 1. The molecule has 0 radical (unpaired) electrons. The smallest absolute Gasteiger partial charge is 0.283 e. The molecule has 104 valence electrons. The summed E-state index contributed by atoms with van der Waals surface area (Å²) in [6.07, 6.45) is 1.46. The molecular weight excluding hydrogens is 254 g/mol. The predicted octanol–water partition coefficient (Wildman–Crippen LogP) is 3.28. The molecule has 0 aliphatic carbocycles. The van der Waals surface area contributed by atoms with Gasteiger partial charge in [-0.3, -0.25) is 0 Å². The Morgan fingerprint density at radius 3 is 2.05 bits per heavy atom. The van der Waals surface area contributed by atoms with Crippen molar-refractivity contribution in [2.45, 2.75) is 19.3 Å². The van der Waals surface area contributed by atoms with Crippen LogP contribution in [0.25, 0.3) is 0 Å². The van der Waals surface area contributed by atoms with E-state index in [0.29, 0.717) is 17.9 Å². The van der Waals surface area contributed by atoms with Gasteiger partial charge in [0, 0.05) is 0 Å². The molecule has 0 aliphatic rings. The average Bonchev–Trinajstić information content (AvgIpc) is 2.42. The molecule has 0 aromatic heterocycles. The van der Waals surface area contributed by atoms with Crippen LogP contribution in [-0.2, 0) is 6.42 Å². The first-order valence-corrected chi connectivity index (χ1v) is 6.18. The van der Waals surface area contributed by atoms with Gasteiger partial charge in [0.15, 0.2) is 0 Å². The molecule has 0 heterocycles. The number of aliphatic hydroxyl groups excluding tert-OH is 1. The molecule has 1 unspecified atom stereocenters. The number of para-hydroxylation sites is 2. The maximum Gasteiger partial charge on any atom is 0.283 e. The molecular formula is C16H17NO3. The Balaban J connectivity index is 0.000000612. The summed E-state index contributed by atoms with van der Waals surface area (Å²) >= 11 is 0. The van der Waals surface area contributed by atoms with Crippen molar-refractivity contribution in [3.8, 4) is 17.8 Å². The topological polar surface area (TPSA) is 84.5 Å². The number of aromatic hydroxyl groups is 2. The number of phenols is 2. The number of rotatable bonds is 3. The van der Waals surface area contributed by atoms with E-state index in [2.05, 4.69) is 0 Å². The van der Waals surface area contributed by atoms with E-state index in [0.717, 1.165) is 17.4 Å². The van der Waals surface area contributed by atoms with Gasteiger partial charge in [-0.25, -0.2) is 0 Å². The Kier molecular flexibility index (Phi) is 5.92. The summed E-state index contributed by atoms with van der Waals surface area (Å²) in [6, 6.07) is 14.6. The van der Waals surface area contributed by atoms with Crippen molar-refractivity contribution < 1.29 is 15.3 Å². The molecule has 4 nitrogen and oxygen atoms in total. The van der Waals surface area contributed by atoms with E-state index in [1.165, 1.54) is 0 Å². The Bertz CT molecular complexity index is 590. The van der Waals surface area contributed by atoms with Crippen LogP contribution >= 0.6 is 0 Å². The number of benzene rings is 2. The fourth-order valence-electron chi connectivity index (χ4n) is 2.03. The summed E-state index contributed by atoms with van der Waals surface area (Å²) in [6.45, 7) is 2.04. The standard InChI is InChI=1S/C15H16O2.CHNO/c1-11(13-7-3-5-9-15(13)17)10-12-6-2-4-8-14(12)16;2-1-3/h2-9,11,16-17H,10H2,1H3;3H. The minimum atomic E-state index is 0.171. The molecule has 20 heavy (non-hydrogen) atoms. The van der Waals surface area contributed by atoms with E-state index in [1.54, 1.807) is 12.1 Å². The van der Waals surface area contributed by atoms with Crippen LogP contribution in [0.15, 0.2) is 48.5 Å². The van der Waals surface area contributed by atoms with E-state index in [4.69, 9.17) is 10.4 Å². The van der Waals surface area contributed by atoms with Crippen LogP contribution in [0.4, 0.5) is 0 Å². The molecule has 4 heteroatoms. The highest BCUT2D eigenvalue weighted by atomic mass is 16.3. The first-order chi connectivity index (χ1) is 9.60. The van der Waals surface area contributed by atoms with Crippen LogP contribution in [0.3, 0.4) is 0 Å². The first kappa shape index (κ1) is 15.4. The highest BCUT2D eigenvalue weighted by molar-refractivity contribution is 5.38. The minimum absolute atomic E-state index is 0.171. The Morgan fingerprint density at radius 1 is 1.00 bits per heavy atom. The van der Waals surface area contributed by atoms with Crippen molar-refractivity contribution >= 4 is 0 Å². The quantitative estimate of drug-likeness (QED) is 0.748. The summed E-state index contributed by atoms with van der Waals surface area (Å²) in [5, 5.41) is 33.2. The summed E-state index contributed by atoms with van der Waals surface area (Å²) in [5.41, 5.74) is 1.82. The number of phenolic OH excluding ortho intramolecular Hbond substituents is 2. The van der Waals surface area contributed by atoms with Gasteiger partial charge in [-0.15, -0.1) is 0 Å². The zero-order valence-corrected chi connectivity index (χ0v) is 11.2. The van der Waals surface area contributed by atoms with Crippen LogP contribution in [0.2, 0.25) is 0 Å². The van der Waals surface area contributed by atoms with Crippen molar-refractivity contribution in [1.29, 1.82) is 5.26 Å². The highest BCUT2D eigenvalue weighted by Crippen LogP contribution is 2.30. The van der Waals surface area contributed by atoms with Gasteiger partial charge >= 0.3 is 0 Å². The molecule has 2 rings (SSSR count). The van der Waals surface area contributed by atoms with Gasteiger partial charge in [-0.1, -0.05) is 43.3 Å². The summed E-state index contributed by atoms with van der Waals surface area (Å²) < 4.78 is 0. The molecule has 2 aromatic rings. The van der Waals surface area contributed by atoms with Gasteiger partial charge in [0.05, 0.1) is 0 Å². The molecule has 0 bridgehead atoms. The Hall–Kier alpha value is -2.67. The fourth-order valence-corrected chi connectivity index (χ4v) is 2.03. The first-order valence-electron chi connectivity index (χ1n) is 6.18. The number of aliphatic hydroxyl groups is 1. The lowest BCUT2D eigenvalue weighted by Crippen LogP contribution is -1.99.